The van der Waals surface area contributed by atoms with Gasteiger partial charge in [0.05, 0.1) is 22.4 Å². The Bertz CT molecular complexity index is 2270. The van der Waals surface area contributed by atoms with Gasteiger partial charge in [0.15, 0.2) is 0 Å². The van der Waals surface area contributed by atoms with Crippen LogP contribution in [0.2, 0.25) is 0 Å². The van der Waals surface area contributed by atoms with E-state index in [1.165, 1.54) is 112 Å². The van der Waals surface area contributed by atoms with Crippen molar-refractivity contribution in [3.63, 3.8) is 0 Å². The summed E-state index contributed by atoms with van der Waals surface area (Å²) >= 11 is 0. The van der Waals surface area contributed by atoms with Crippen LogP contribution in [0.25, 0.3) is 33.3 Å². The van der Waals surface area contributed by atoms with Gasteiger partial charge >= 0.3 is 0 Å². The molecule has 0 aliphatic heterocycles. The molecule has 266 valence electrons. The van der Waals surface area contributed by atoms with Crippen LogP contribution < -0.4 is 4.74 Å². The van der Waals surface area contributed by atoms with Crippen LogP contribution in [0, 0.1) is 37.4 Å². The molecule has 3 aliphatic carbocycles. The Morgan fingerprint density at radius 3 is 2.33 bits per heavy atom. The third kappa shape index (κ3) is 6.04. The first-order valence-corrected chi connectivity index (χ1v) is 19.7. The van der Waals surface area contributed by atoms with Gasteiger partial charge in [-0.2, -0.15) is 5.10 Å². The number of pyridine rings is 1. The van der Waals surface area contributed by atoms with Crippen LogP contribution in [-0.2, 0) is 0 Å². The minimum atomic E-state index is -0.318. The summed E-state index contributed by atoms with van der Waals surface area (Å²) in [6, 6.07) is 25.5. The molecule has 52 heavy (non-hydrogen) atoms. The van der Waals surface area contributed by atoms with Gasteiger partial charge in [-0.3, -0.25) is 4.57 Å². The summed E-state index contributed by atoms with van der Waals surface area (Å²) in [6.45, 7) is 4.53. The second-order valence-electron chi connectivity index (χ2n) is 15.6. The SMILES string of the molecule is Cc1nn(-c2cccc(Oc3ccc4c5ccccc5n(-c5cc(F)ccn5)c4c3)c2)c(C)c1C1C(C2CCCCC2)=CCC[C@@H]1C1CCCCC1. The predicted octanol–water partition coefficient (Wildman–Crippen LogP) is 12.5. The van der Waals surface area contributed by atoms with Gasteiger partial charge < -0.3 is 4.74 Å². The van der Waals surface area contributed by atoms with Crippen LogP contribution in [0.5, 0.6) is 11.5 Å². The first kappa shape index (κ1) is 33.1. The summed E-state index contributed by atoms with van der Waals surface area (Å²) in [5.74, 6) is 4.39. The molecule has 0 N–H and O–H groups in total. The van der Waals surface area contributed by atoms with E-state index in [2.05, 4.69) is 59.9 Å². The summed E-state index contributed by atoms with van der Waals surface area (Å²) in [6.07, 6.45) is 20.5. The lowest BCUT2D eigenvalue weighted by molar-refractivity contribution is 0.198. The number of ether oxygens (including phenoxy) is 1. The summed E-state index contributed by atoms with van der Waals surface area (Å²) in [5, 5.41) is 7.42. The highest BCUT2D eigenvalue weighted by Crippen LogP contribution is 2.52. The molecule has 0 saturated heterocycles. The fourth-order valence-electron chi connectivity index (χ4n) is 10.2. The first-order valence-electron chi connectivity index (χ1n) is 19.7. The molecule has 0 amide bonds. The van der Waals surface area contributed by atoms with Crippen molar-refractivity contribution >= 4 is 21.8 Å². The van der Waals surface area contributed by atoms with Gasteiger partial charge in [-0.1, -0.05) is 87.3 Å². The van der Waals surface area contributed by atoms with Crippen LogP contribution in [-0.4, -0.2) is 19.3 Å². The molecule has 0 bridgehead atoms. The van der Waals surface area contributed by atoms with Gasteiger partial charge in [0.25, 0.3) is 0 Å². The van der Waals surface area contributed by atoms with Crippen molar-refractivity contribution in [2.24, 2.45) is 17.8 Å². The second kappa shape index (κ2) is 14.0. The third-order valence-electron chi connectivity index (χ3n) is 12.5. The van der Waals surface area contributed by atoms with E-state index in [1.807, 2.05) is 41.0 Å². The highest BCUT2D eigenvalue weighted by atomic mass is 19.1. The number of fused-ring (bicyclic) bond motifs is 3. The molecule has 3 heterocycles. The molecule has 6 heteroatoms. The fourth-order valence-corrected chi connectivity index (χ4v) is 10.2. The quantitative estimate of drug-likeness (QED) is 0.156. The van der Waals surface area contributed by atoms with E-state index in [0.717, 1.165) is 45.1 Å². The van der Waals surface area contributed by atoms with E-state index in [9.17, 15) is 4.39 Å². The average molecular weight is 693 g/mol. The largest absolute Gasteiger partial charge is 0.457 e. The zero-order valence-electron chi connectivity index (χ0n) is 30.5. The highest BCUT2D eigenvalue weighted by Gasteiger charge is 2.40. The zero-order valence-corrected chi connectivity index (χ0v) is 30.5. The minimum absolute atomic E-state index is 0.318. The Labute approximate surface area is 306 Å². The number of rotatable bonds is 7. The molecule has 2 atom stereocenters. The van der Waals surface area contributed by atoms with Crippen LogP contribution >= 0.6 is 0 Å². The third-order valence-corrected chi connectivity index (χ3v) is 12.5. The lowest BCUT2D eigenvalue weighted by Gasteiger charge is -2.43. The highest BCUT2D eigenvalue weighted by molar-refractivity contribution is 6.09. The molecule has 1 unspecified atom stereocenters. The number of benzene rings is 3. The molecule has 2 saturated carbocycles. The van der Waals surface area contributed by atoms with E-state index in [0.29, 0.717) is 23.4 Å². The Kier molecular flexibility index (Phi) is 8.94. The van der Waals surface area contributed by atoms with Gasteiger partial charge in [0.2, 0.25) is 0 Å². The smallest absolute Gasteiger partial charge is 0.140 e. The van der Waals surface area contributed by atoms with E-state index >= 15 is 0 Å². The summed E-state index contributed by atoms with van der Waals surface area (Å²) in [5.41, 5.74) is 8.54. The molecular formula is C46H49FN4O. The van der Waals surface area contributed by atoms with Gasteiger partial charge in [-0.25, -0.2) is 14.1 Å². The molecule has 0 radical (unpaired) electrons. The van der Waals surface area contributed by atoms with Crippen molar-refractivity contribution in [2.45, 2.75) is 96.8 Å². The molecular weight excluding hydrogens is 644 g/mol. The zero-order chi connectivity index (χ0) is 35.2. The molecule has 9 rings (SSSR count). The monoisotopic (exact) mass is 692 g/mol. The normalized spacial score (nSPS) is 20.4. The van der Waals surface area contributed by atoms with E-state index in [1.54, 1.807) is 5.57 Å². The number of hydrogen-bond donors (Lipinski definition) is 0. The van der Waals surface area contributed by atoms with Crippen molar-refractivity contribution in [3.05, 3.63) is 119 Å². The molecule has 3 aliphatic rings. The lowest BCUT2D eigenvalue weighted by Crippen LogP contribution is -2.31. The Morgan fingerprint density at radius 2 is 1.50 bits per heavy atom. The number of nitrogens with zero attached hydrogens (tertiary/aromatic N) is 4. The summed E-state index contributed by atoms with van der Waals surface area (Å²) < 4.78 is 25.1. The Morgan fingerprint density at radius 1 is 0.731 bits per heavy atom. The van der Waals surface area contributed by atoms with Gasteiger partial charge in [-0.15, -0.1) is 0 Å². The maximum Gasteiger partial charge on any atom is 0.140 e. The fraction of sp³-hybridized carbons (Fsp3) is 0.391. The second-order valence-corrected chi connectivity index (χ2v) is 15.6. The molecule has 2 fully saturated rings. The number of para-hydroxylation sites is 1. The number of aromatic nitrogens is 4. The maximum atomic E-state index is 14.4. The van der Waals surface area contributed by atoms with E-state index < -0.39 is 0 Å². The van der Waals surface area contributed by atoms with Crippen molar-refractivity contribution in [1.82, 2.24) is 19.3 Å². The lowest BCUT2D eigenvalue weighted by atomic mass is 9.62. The van der Waals surface area contributed by atoms with Crippen LogP contribution in [0.3, 0.4) is 0 Å². The van der Waals surface area contributed by atoms with E-state index in [4.69, 9.17) is 9.84 Å². The number of halogens is 1. The summed E-state index contributed by atoms with van der Waals surface area (Å²) in [7, 11) is 0. The Balaban J connectivity index is 1.07. The minimum Gasteiger partial charge on any atom is -0.457 e. The molecule has 3 aromatic heterocycles. The molecule has 0 spiro atoms. The first-order chi connectivity index (χ1) is 25.5. The standard InChI is InChI=1S/C46H49FN4O/c1-30-45(46-38(32-13-5-3-6-14-32)20-12-21-39(46)33-15-7-4-8-16-33)31(2)51(49-30)35-17-11-18-36(28-35)52-37-23-24-41-40-19-9-10-22-42(40)50(43(41)29-37)44-27-34(47)25-26-48-44/h9-11,17-20,22-29,32-33,39,46H,3-8,12-16,21H2,1-2H3/t39-,46?/m1/s1. The number of hydrogen-bond acceptors (Lipinski definition) is 3. The van der Waals surface area contributed by atoms with Gasteiger partial charge in [0.1, 0.15) is 23.1 Å². The molecule has 5 nitrogen and oxygen atoms in total. The average Bonchev–Trinajstić information content (AvgIpc) is 3.67. The van der Waals surface area contributed by atoms with Gasteiger partial charge in [0, 0.05) is 52.3 Å². The van der Waals surface area contributed by atoms with E-state index in [-0.39, 0.29) is 5.82 Å². The van der Waals surface area contributed by atoms with Crippen LogP contribution in [0.4, 0.5) is 4.39 Å². The molecule has 3 aromatic carbocycles. The summed E-state index contributed by atoms with van der Waals surface area (Å²) in [4.78, 5) is 4.52. The van der Waals surface area contributed by atoms with Gasteiger partial charge in [-0.05, 0) is 93.7 Å². The van der Waals surface area contributed by atoms with Crippen LogP contribution in [0.1, 0.15) is 99.9 Å². The molecule has 6 aromatic rings. The topological polar surface area (TPSA) is 44.9 Å². The maximum absolute atomic E-state index is 14.4. The van der Waals surface area contributed by atoms with Crippen molar-refractivity contribution in [1.29, 1.82) is 0 Å². The van der Waals surface area contributed by atoms with Crippen LogP contribution in [0.15, 0.2) is 96.7 Å². The predicted molar refractivity (Wildman–Crippen MR) is 208 cm³/mol. The number of aryl methyl sites for hydroxylation is 1. The van der Waals surface area contributed by atoms with Crippen molar-refractivity contribution in [2.75, 3.05) is 0 Å². The van der Waals surface area contributed by atoms with Crippen molar-refractivity contribution in [3.8, 4) is 23.0 Å². The number of allylic oxidation sites excluding steroid dienone is 2. The van der Waals surface area contributed by atoms with Crippen molar-refractivity contribution < 1.29 is 9.13 Å². The Hall–Kier alpha value is -4.71.